The number of likely N-dealkylation sites (N-methyl/N-ethyl adjacent to an activating group) is 1. The standard InChI is InChI=1S/C17H30N2S/c1-13(10-15-6-5-9-20-15)19(4)12-14-11-17(2,3)8-7-16(14)18/h5-6,9,13-14,16H,7-8,10-12,18H2,1-4H3. The van der Waals surface area contributed by atoms with Gasteiger partial charge in [-0.15, -0.1) is 11.3 Å². The molecular weight excluding hydrogens is 264 g/mol. The molecule has 0 radical (unpaired) electrons. The lowest BCUT2D eigenvalue weighted by molar-refractivity contribution is 0.111. The molecule has 1 heterocycles. The van der Waals surface area contributed by atoms with Gasteiger partial charge < -0.3 is 10.6 Å². The molecule has 0 saturated heterocycles. The molecule has 1 saturated carbocycles. The first-order valence-electron chi connectivity index (χ1n) is 7.85. The van der Waals surface area contributed by atoms with Crippen LogP contribution in [-0.2, 0) is 6.42 Å². The maximum Gasteiger partial charge on any atom is 0.0112 e. The van der Waals surface area contributed by atoms with E-state index < -0.39 is 0 Å². The molecule has 2 rings (SSSR count). The van der Waals surface area contributed by atoms with Gasteiger partial charge in [0.1, 0.15) is 0 Å². The lowest BCUT2D eigenvalue weighted by atomic mass is 9.70. The molecule has 1 aromatic rings. The van der Waals surface area contributed by atoms with Crippen molar-refractivity contribution in [2.75, 3.05) is 13.6 Å². The zero-order valence-electron chi connectivity index (χ0n) is 13.4. The van der Waals surface area contributed by atoms with Crippen molar-refractivity contribution in [2.45, 2.75) is 58.5 Å². The van der Waals surface area contributed by atoms with Crippen molar-refractivity contribution >= 4 is 11.3 Å². The molecule has 3 unspecified atom stereocenters. The fourth-order valence-electron chi connectivity index (χ4n) is 3.38. The summed E-state index contributed by atoms with van der Waals surface area (Å²) in [5.74, 6) is 0.648. The minimum Gasteiger partial charge on any atom is -0.327 e. The molecule has 0 aliphatic heterocycles. The van der Waals surface area contributed by atoms with Gasteiger partial charge >= 0.3 is 0 Å². The summed E-state index contributed by atoms with van der Waals surface area (Å²) in [6, 6.07) is 5.36. The monoisotopic (exact) mass is 294 g/mol. The van der Waals surface area contributed by atoms with E-state index in [1.807, 2.05) is 11.3 Å². The number of hydrogen-bond acceptors (Lipinski definition) is 3. The van der Waals surface area contributed by atoms with Crippen molar-refractivity contribution in [1.82, 2.24) is 4.90 Å². The molecule has 2 nitrogen and oxygen atoms in total. The quantitative estimate of drug-likeness (QED) is 0.896. The number of nitrogens with zero attached hydrogens (tertiary/aromatic N) is 1. The maximum atomic E-state index is 6.36. The Hall–Kier alpha value is -0.380. The fourth-order valence-corrected chi connectivity index (χ4v) is 4.21. The van der Waals surface area contributed by atoms with Gasteiger partial charge in [-0.25, -0.2) is 0 Å². The third-order valence-corrected chi connectivity index (χ3v) is 5.83. The lowest BCUT2D eigenvalue weighted by Gasteiger charge is -2.41. The Labute approximate surface area is 128 Å². The van der Waals surface area contributed by atoms with Gasteiger partial charge in [0.25, 0.3) is 0 Å². The third-order valence-electron chi connectivity index (χ3n) is 4.93. The molecule has 0 spiro atoms. The van der Waals surface area contributed by atoms with Crippen molar-refractivity contribution in [3.8, 4) is 0 Å². The molecule has 3 heteroatoms. The average molecular weight is 295 g/mol. The molecular formula is C17H30N2S. The first-order chi connectivity index (χ1) is 9.37. The second-order valence-corrected chi connectivity index (χ2v) is 8.44. The number of hydrogen-bond donors (Lipinski definition) is 1. The fraction of sp³-hybridized carbons (Fsp3) is 0.765. The van der Waals surface area contributed by atoms with E-state index in [4.69, 9.17) is 5.73 Å². The second-order valence-electron chi connectivity index (χ2n) is 7.40. The van der Waals surface area contributed by atoms with Gasteiger partial charge in [0, 0.05) is 23.5 Å². The summed E-state index contributed by atoms with van der Waals surface area (Å²) in [5.41, 5.74) is 6.83. The molecule has 1 aromatic heterocycles. The smallest absolute Gasteiger partial charge is 0.0112 e. The van der Waals surface area contributed by atoms with Crippen LogP contribution in [0.5, 0.6) is 0 Å². The van der Waals surface area contributed by atoms with Gasteiger partial charge in [-0.1, -0.05) is 19.9 Å². The van der Waals surface area contributed by atoms with E-state index in [1.54, 1.807) is 0 Å². The molecule has 0 amide bonds. The highest BCUT2D eigenvalue weighted by Gasteiger charge is 2.33. The van der Waals surface area contributed by atoms with Crippen LogP contribution in [-0.4, -0.2) is 30.6 Å². The highest BCUT2D eigenvalue weighted by atomic mass is 32.1. The Morgan fingerprint density at radius 2 is 2.25 bits per heavy atom. The zero-order valence-corrected chi connectivity index (χ0v) is 14.2. The summed E-state index contributed by atoms with van der Waals surface area (Å²) in [7, 11) is 2.26. The van der Waals surface area contributed by atoms with Gasteiger partial charge in [0.2, 0.25) is 0 Å². The van der Waals surface area contributed by atoms with Crippen LogP contribution in [0.15, 0.2) is 17.5 Å². The van der Waals surface area contributed by atoms with Crippen molar-refractivity contribution in [2.24, 2.45) is 17.1 Å². The molecule has 1 aliphatic carbocycles. The molecule has 1 fully saturated rings. The molecule has 3 atom stereocenters. The molecule has 1 aliphatic rings. The highest BCUT2D eigenvalue weighted by molar-refractivity contribution is 7.09. The van der Waals surface area contributed by atoms with E-state index in [0.717, 1.165) is 13.0 Å². The second kappa shape index (κ2) is 6.59. The van der Waals surface area contributed by atoms with Gasteiger partial charge in [-0.2, -0.15) is 0 Å². The van der Waals surface area contributed by atoms with Crippen LogP contribution in [0.3, 0.4) is 0 Å². The van der Waals surface area contributed by atoms with E-state index in [-0.39, 0.29) is 0 Å². The van der Waals surface area contributed by atoms with Gasteiger partial charge in [-0.3, -0.25) is 0 Å². The summed E-state index contributed by atoms with van der Waals surface area (Å²) in [4.78, 5) is 3.99. The van der Waals surface area contributed by atoms with Crippen molar-refractivity contribution in [3.05, 3.63) is 22.4 Å². The first-order valence-corrected chi connectivity index (χ1v) is 8.73. The predicted octanol–water partition coefficient (Wildman–Crippen LogP) is 3.76. The Balaban J connectivity index is 1.87. The van der Waals surface area contributed by atoms with Crippen molar-refractivity contribution in [1.29, 1.82) is 0 Å². The van der Waals surface area contributed by atoms with Crippen molar-refractivity contribution < 1.29 is 0 Å². The average Bonchev–Trinajstić information content (AvgIpc) is 2.86. The largest absolute Gasteiger partial charge is 0.327 e. The predicted molar refractivity (Wildman–Crippen MR) is 89.2 cm³/mol. The summed E-state index contributed by atoms with van der Waals surface area (Å²) in [5, 5.41) is 2.17. The minimum atomic E-state index is 0.388. The Bertz CT molecular complexity index is 399. The molecule has 20 heavy (non-hydrogen) atoms. The lowest BCUT2D eigenvalue weighted by Crippen LogP contribution is -2.46. The summed E-state index contributed by atoms with van der Waals surface area (Å²) < 4.78 is 0. The van der Waals surface area contributed by atoms with E-state index in [0.29, 0.717) is 23.4 Å². The third kappa shape index (κ3) is 4.31. The van der Waals surface area contributed by atoms with Gasteiger partial charge in [0.15, 0.2) is 0 Å². The van der Waals surface area contributed by atoms with Gasteiger partial charge in [0.05, 0.1) is 0 Å². The Kier molecular flexibility index (Phi) is 5.27. The zero-order chi connectivity index (χ0) is 14.8. The van der Waals surface area contributed by atoms with Crippen molar-refractivity contribution in [3.63, 3.8) is 0 Å². The molecule has 2 N–H and O–H groups in total. The topological polar surface area (TPSA) is 29.3 Å². The number of thiophene rings is 1. The van der Waals surface area contributed by atoms with Gasteiger partial charge in [-0.05, 0) is 62.4 Å². The molecule has 0 bridgehead atoms. The number of nitrogens with two attached hydrogens (primary N) is 1. The van der Waals surface area contributed by atoms with Crippen LogP contribution in [0.25, 0.3) is 0 Å². The van der Waals surface area contributed by atoms with E-state index >= 15 is 0 Å². The summed E-state index contributed by atoms with van der Waals surface area (Å²) >= 11 is 1.86. The van der Waals surface area contributed by atoms with Crippen LogP contribution in [0.2, 0.25) is 0 Å². The molecule has 0 aromatic carbocycles. The molecule has 114 valence electrons. The minimum absolute atomic E-state index is 0.388. The highest BCUT2D eigenvalue weighted by Crippen LogP contribution is 2.38. The summed E-state index contributed by atoms with van der Waals surface area (Å²) in [6.07, 6.45) is 4.88. The normalized spacial score (nSPS) is 27.7. The maximum absolute atomic E-state index is 6.36. The van der Waals surface area contributed by atoms with Crippen LogP contribution < -0.4 is 5.73 Å². The van der Waals surface area contributed by atoms with Crippen LogP contribution >= 0.6 is 11.3 Å². The Morgan fingerprint density at radius 1 is 1.50 bits per heavy atom. The summed E-state index contributed by atoms with van der Waals surface area (Å²) in [6.45, 7) is 8.25. The first kappa shape index (κ1) is 16.0. The number of rotatable bonds is 5. The van der Waals surface area contributed by atoms with Crippen LogP contribution in [0, 0.1) is 11.3 Å². The van der Waals surface area contributed by atoms with E-state index in [9.17, 15) is 0 Å². The van der Waals surface area contributed by atoms with Crippen LogP contribution in [0.1, 0.15) is 44.9 Å². The SMILES string of the molecule is CC(Cc1cccs1)N(C)CC1CC(C)(C)CCC1N. The van der Waals surface area contributed by atoms with Crippen LogP contribution in [0.4, 0.5) is 0 Å². The van der Waals surface area contributed by atoms with E-state index in [2.05, 4.69) is 50.2 Å². The van der Waals surface area contributed by atoms with E-state index in [1.165, 1.54) is 24.1 Å². The Morgan fingerprint density at radius 3 is 2.90 bits per heavy atom.